The van der Waals surface area contributed by atoms with Gasteiger partial charge < -0.3 is 9.74 Å². The predicted molar refractivity (Wildman–Crippen MR) is 57.5 cm³/mol. The van der Waals surface area contributed by atoms with Crippen molar-refractivity contribution in [3.8, 4) is 0 Å². The number of nitrogens with zero attached hydrogens (tertiary/aromatic N) is 1. The molecule has 1 saturated carbocycles. The molecule has 1 rings (SSSR count). The minimum Gasteiger partial charge on any atom is -0.356 e. The number of carbonyl (C=O) groups is 1. The topological polar surface area (TPSA) is 67.6 Å². The summed E-state index contributed by atoms with van der Waals surface area (Å²) < 4.78 is 0. The summed E-state index contributed by atoms with van der Waals surface area (Å²) in [6.07, 6.45) is 4.21. The van der Waals surface area contributed by atoms with E-state index >= 15 is 0 Å². The zero-order valence-corrected chi connectivity index (χ0v) is 9.37. The fraction of sp³-hybridized carbons (Fsp3) is 0.900. The van der Waals surface area contributed by atoms with Gasteiger partial charge in [-0.1, -0.05) is 12.5 Å². The van der Waals surface area contributed by atoms with E-state index in [9.17, 15) is 4.79 Å². The third kappa shape index (κ3) is 5.71. The summed E-state index contributed by atoms with van der Waals surface area (Å²) in [7, 11) is 0. The Morgan fingerprint density at radius 3 is 2.80 bits per heavy atom. The summed E-state index contributed by atoms with van der Waals surface area (Å²) in [5.74, 6) is 5.44. The van der Waals surface area contributed by atoms with Crippen molar-refractivity contribution in [2.45, 2.75) is 32.6 Å². The molecule has 0 radical (unpaired) electrons. The van der Waals surface area contributed by atoms with Crippen LogP contribution in [0.2, 0.25) is 0 Å². The fourth-order valence-electron chi connectivity index (χ4n) is 1.64. The van der Waals surface area contributed by atoms with Crippen LogP contribution in [0.5, 0.6) is 0 Å². The van der Waals surface area contributed by atoms with Gasteiger partial charge in [-0.3, -0.25) is 4.79 Å². The van der Waals surface area contributed by atoms with Crippen LogP contribution in [0.1, 0.15) is 32.6 Å². The molecule has 5 heteroatoms. The van der Waals surface area contributed by atoms with Crippen molar-refractivity contribution in [2.75, 3.05) is 19.6 Å². The molecule has 0 unspecified atom stereocenters. The van der Waals surface area contributed by atoms with Crippen LogP contribution < -0.4 is 11.4 Å². The lowest BCUT2D eigenvalue weighted by molar-refractivity contribution is -0.151. The van der Waals surface area contributed by atoms with E-state index in [1.54, 1.807) is 0 Å². The Hall–Kier alpha value is -0.650. The lowest BCUT2D eigenvalue weighted by Crippen LogP contribution is -2.32. The first-order valence-corrected chi connectivity index (χ1v) is 5.64. The number of rotatable bonds is 8. The minimum absolute atomic E-state index is 0.297. The maximum absolute atomic E-state index is 11.1. The highest BCUT2D eigenvalue weighted by atomic mass is 16.7. The van der Waals surface area contributed by atoms with Crippen molar-refractivity contribution >= 4 is 5.97 Å². The number of nitrogens with two attached hydrogens (primary N) is 1. The molecule has 1 fully saturated rings. The maximum atomic E-state index is 11.1. The fourth-order valence-corrected chi connectivity index (χ4v) is 1.64. The molecule has 0 amide bonds. The van der Waals surface area contributed by atoms with Gasteiger partial charge in [-0.15, -0.1) is 0 Å². The number of hydrogen-bond donors (Lipinski definition) is 2. The molecule has 0 aliphatic heterocycles. The summed E-state index contributed by atoms with van der Waals surface area (Å²) in [5, 5.41) is 0. The van der Waals surface area contributed by atoms with Gasteiger partial charge in [0.25, 0.3) is 0 Å². The van der Waals surface area contributed by atoms with Gasteiger partial charge in [0.2, 0.25) is 0 Å². The van der Waals surface area contributed by atoms with Crippen LogP contribution in [0.25, 0.3) is 0 Å². The quantitative estimate of drug-likeness (QED) is 0.454. The second kappa shape index (κ2) is 6.76. The van der Waals surface area contributed by atoms with Crippen molar-refractivity contribution in [2.24, 2.45) is 11.8 Å². The van der Waals surface area contributed by atoms with Crippen LogP contribution >= 0.6 is 0 Å². The second-order valence-electron chi connectivity index (χ2n) is 4.09. The SMILES string of the molecule is CCCN(CCC(=O)ONN)CC1CC1. The monoisotopic (exact) mass is 215 g/mol. The number of carbonyl (C=O) groups excluding carboxylic acids is 1. The van der Waals surface area contributed by atoms with Crippen LogP contribution in [0, 0.1) is 5.92 Å². The normalized spacial score (nSPS) is 15.7. The van der Waals surface area contributed by atoms with Gasteiger partial charge in [-0.05, 0) is 31.7 Å². The molecule has 15 heavy (non-hydrogen) atoms. The first-order chi connectivity index (χ1) is 7.26. The van der Waals surface area contributed by atoms with Crippen molar-refractivity contribution < 1.29 is 9.63 Å². The predicted octanol–water partition coefficient (Wildman–Crippen LogP) is 0.420. The molecule has 0 aromatic carbocycles. The van der Waals surface area contributed by atoms with Crippen molar-refractivity contribution in [3.05, 3.63) is 0 Å². The standard InChI is InChI=1S/C10H21N3O2/c1-2-6-13(8-9-3-4-9)7-5-10(14)15-12-11/h9,12H,2-8,11H2,1H3. The van der Waals surface area contributed by atoms with Crippen LogP contribution in [0.3, 0.4) is 0 Å². The Morgan fingerprint density at radius 2 is 2.27 bits per heavy atom. The molecule has 0 aromatic heterocycles. The van der Waals surface area contributed by atoms with E-state index in [0.717, 1.165) is 32.0 Å². The van der Waals surface area contributed by atoms with E-state index in [1.165, 1.54) is 12.8 Å². The molecule has 0 heterocycles. The van der Waals surface area contributed by atoms with Gasteiger partial charge in [0.1, 0.15) is 0 Å². The van der Waals surface area contributed by atoms with Crippen molar-refractivity contribution in [3.63, 3.8) is 0 Å². The molecule has 3 N–H and O–H groups in total. The molecule has 0 saturated heterocycles. The van der Waals surface area contributed by atoms with Crippen LogP contribution in [0.15, 0.2) is 0 Å². The molecular weight excluding hydrogens is 194 g/mol. The molecule has 5 nitrogen and oxygen atoms in total. The first-order valence-electron chi connectivity index (χ1n) is 5.64. The Labute approximate surface area is 90.9 Å². The van der Waals surface area contributed by atoms with E-state index in [1.807, 2.05) is 5.59 Å². The van der Waals surface area contributed by atoms with Crippen LogP contribution in [0.4, 0.5) is 0 Å². The first kappa shape index (κ1) is 12.4. The van der Waals surface area contributed by atoms with Crippen LogP contribution in [-0.4, -0.2) is 30.5 Å². The van der Waals surface area contributed by atoms with Crippen LogP contribution in [-0.2, 0) is 9.63 Å². The van der Waals surface area contributed by atoms with E-state index in [0.29, 0.717) is 6.42 Å². The average molecular weight is 215 g/mol. The molecule has 0 spiro atoms. The largest absolute Gasteiger partial charge is 0.356 e. The highest BCUT2D eigenvalue weighted by Crippen LogP contribution is 2.29. The Balaban J connectivity index is 2.14. The van der Waals surface area contributed by atoms with Gasteiger partial charge in [0.05, 0.1) is 6.42 Å². The highest BCUT2D eigenvalue weighted by molar-refractivity contribution is 5.69. The Bertz CT molecular complexity index is 195. The van der Waals surface area contributed by atoms with Gasteiger partial charge in [0, 0.05) is 13.1 Å². The summed E-state index contributed by atoms with van der Waals surface area (Å²) in [5.41, 5.74) is 1.91. The smallest absolute Gasteiger partial charge is 0.327 e. The summed E-state index contributed by atoms with van der Waals surface area (Å²) in [6.45, 7) is 5.10. The third-order valence-electron chi connectivity index (χ3n) is 2.56. The van der Waals surface area contributed by atoms with E-state index < -0.39 is 0 Å². The maximum Gasteiger partial charge on any atom is 0.327 e. The van der Waals surface area contributed by atoms with Gasteiger partial charge >= 0.3 is 5.97 Å². The lowest BCUT2D eigenvalue weighted by atomic mass is 10.3. The second-order valence-corrected chi connectivity index (χ2v) is 4.09. The highest BCUT2D eigenvalue weighted by Gasteiger charge is 2.24. The molecule has 0 aromatic rings. The van der Waals surface area contributed by atoms with Gasteiger partial charge in [-0.2, -0.15) is 0 Å². The zero-order chi connectivity index (χ0) is 11.1. The summed E-state index contributed by atoms with van der Waals surface area (Å²) in [6, 6.07) is 0. The Kier molecular flexibility index (Phi) is 5.60. The molecule has 0 bridgehead atoms. The number of hydrazine groups is 1. The van der Waals surface area contributed by atoms with Gasteiger partial charge in [-0.25, -0.2) is 5.84 Å². The number of nitrogens with one attached hydrogen (secondary N) is 1. The minimum atomic E-state index is -0.297. The molecule has 0 atom stereocenters. The van der Waals surface area contributed by atoms with Gasteiger partial charge in [0.15, 0.2) is 0 Å². The van der Waals surface area contributed by atoms with E-state index in [4.69, 9.17) is 5.84 Å². The average Bonchev–Trinajstić information content (AvgIpc) is 2.99. The summed E-state index contributed by atoms with van der Waals surface area (Å²) >= 11 is 0. The molecule has 1 aliphatic carbocycles. The molecule has 88 valence electrons. The molecular formula is C10H21N3O2. The van der Waals surface area contributed by atoms with Crippen molar-refractivity contribution in [1.29, 1.82) is 0 Å². The lowest BCUT2D eigenvalue weighted by Gasteiger charge is -2.20. The third-order valence-corrected chi connectivity index (χ3v) is 2.56. The Morgan fingerprint density at radius 1 is 1.53 bits per heavy atom. The van der Waals surface area contributed by atoms with E-state index in [-0.39, 0.29) is 5.97 Å². The zero-order valence-electron chi connectivity index (χ0n) is 9.37. The van der Waals surface area contributed by atoms with Crippen molar-refractivity contribution in [1.82, 2.24) is 10.5 Å². The van der Waals surface area contributed by atoms with E-state index in [2.05, 4.69) is 16.7 Å². The molecule has 1 aliphatic rings. The number of hydrogen-bond acceptors (Lipinski definition) is 5. The summed E-state index contributed by atoms with van der Waals surface area (Å²) in [4.78, 5) is 17.8.